The van der Waals surface area contributed by atoms with Crippen LogP contribution in [0.5, 0.6) is 0 Å². The fourth-order valence-corrected chi connectivity index (χ4v) is 5.20. The van der Waals surface area contributed by atoms with Gasteiger partial charge in [-0.1, -0.05) is 110 Å². The topological polar surface area (TPSA) is 8.81 Å². The summed E-state index contributed by atoms with van der Waals surface area (Å²) in [5, 5.41) is 0. The van der Waals surface area contributed by atoms with E-state index in [-0.39, 0.29) is 17.0 Å². The molecule has 190 valence electrons. The molecule has 36 heavy (non-hydrogen) atoms. The van der Waals surface area contributed by atoms with Gasteiger partial charge in [0.05, 0.1) is 5.56 Å². The summed E-state index contributed by atoms with van der Waals surface area (Å²) in [6, 6.07) is 24.5. The summed E-state index contributed by atoms with van der Waals surface area (Å²) >= 11 is 0. The highest BCUT2D eigenvalue weighted by atomic mass is 79.9. The van der Waals surface area contributed by atoms with Gasteiger partial charge in [-0.3, -0.25) is 0 Å². The van der Waals surface area contributed by atoms with Crippen LogP contribution in [0.4, 0.5) is 0 Å². The van der Waals surface area contributed by atoms with Crippen molar-refractivity contribution in [2.45, 2.75) is 79.1 Å². The molecule has 0 saturated heterocycles. The lowest BCUT2D eigenvalue weighted by Crippen LogP contribution is -3.00. The molecule has 0 aliphatic carbocycles. The summed E-state index contributed by atoms with van der Waals surface area (Å²) < 4.78 is 4.89. The Morgan fingerprint density at radius 3 is 1.44 bits per heavy atom. The van der Waals surface area contributed by atoms with Crippen LogP contribution in [-0.4, -0.2) is 4.57 Å². The Kier molecular flexibility index (Phi) is 9.00. The summed E-state index contributed by atoms with van der Waals surface area (Å²) in [6.45, 7) is 18.4. The molecule has 0 aliphatic rings. The predicted molar refractivity (Wildman–Crippen MR) is 149 cm³/mol. The van der Waals surface area contributed by atoms with Gasteiger partial charge >= 0.3 is 0 Å². The normalized spacial score (nSPS) is 11.6. The first-order valence-corrected chi connectivity index (χ1v) is 13.2. The van der Waals surface area contributed by atoms with Gasteiger partial charge < -0.3 is 17.0 Å². The van der Waals surface area contributed by atoms with E-state index in [1.165, 1.54) is 45.0 Å². The molecular weight excluding hydrogens is 504 g/mol. The molecule has 4 aromatic rings. The first-order valence-electron chi connectivity index (χ1n) is 13.2. The molecule has 0 radical (unpaired) electrons. The lowest BCUT2D eigenvalue weighted by Gasteiger charge is -2.20. The number of hydrogen-bond acceptors (Lipinski definition) is 0. The highest BCUT2D eigenvalue weighted by molar-refractivity contribution is 5.61. The van der Waals surface area contributed by atoms with Gasteiger partial charge in [0.25, 0.3) is 5.82 Å². The van der Waals surface area contributed by atoms with Crippen molar-refractivity contribution < 1.29 is 21.5 Å². The van der Waals surface area contributed by atoms with E-state index in [4.69, 9.17) is 0 Å². The first-order chi connectivity index (χ1) is 16.7. The Hall–Kier alpha value is -2.65. The van der Waals surface area contributed by atoms with E-state index in [1.807, 2.05) is 0 Å². The van der Waals surface area contributed by atoms with Crippen molar-refractivity contribution >= 4 is 0 Å². The van der Waals surface area contributed by atoms with E-state index < -0.39 is 0 Å². The fourth-order valence-electron chi connectivity index (χ4n) is 5.20. The zero-order chi connectivity index (χ0) is 25.3. The Morgan fingerprint density at radius 2 is 1.00 bits per heavy atom. The van der Waals surface area contributed by atoms with Crippen molar-refractivity contribution in [1.29, 1.82) is 0 Å². The molecular formula is C33H41BrN2. The van der Waals surface area contributed by atoms with Gasteiger partial charge in [0, 0.05) is 22.3 Å². The third-order valence-corrected chi connectivity index (χ3v) is 7.02. The molecule has 0 aliphatic heterocycles. The zero-order valence-electron chi connectivity index (χ0n) is 23.1. The van der Waals surface area contributed by atoms with E-state index in [9.17, 15) is 0 Å². The van der Waals surface area contributed by atoms with E-state index >= 15 is 0 Å². The lowest BCUT2D eigenvalue weighted by atomic mass is 9.92. The fraction of sp³-hybridized carbons (Fsp3) is 0.364. The van der Waals surface area contributed by atoms with Crippen molar-refractivity contribution in [1.82, 2.24) is 4.57 Å². The molecule has 3 aromatic carbocycles. The van der Waals surface area contributed by atoms with Crippen LogP contribution in [0.2, 0.25) is 0 Å². The van der Waals surface area contributed by atoms with Crippen LogP contribution in [0.1, 0.15) is 101 Å². The highest BCUT2D eigenvalue weighted by Gasteiger charge is 2.30. The van der Waals surface area contributed by atoms with E-state index in [1.54, 1.807) is 0 Å². The van der Waals surface area contributed by atoms with Gasteiger partial charge in [-0.2, -0.15) is 9.13 Å². The largest absolute Gasteiger partial charge is 1.00 e. The molecule has 3 heteroatoms. The summed E-state index contributed by atoms with van der Waals surface area (Å²) in [5.41, 5.74) is 9.41. The Morgan fingerprint density at radius 1 is 0.556 bits per heavy atom. The second-order valence-electron chi connectivity index (χ2n) is 10.9. The van der Waals surface area contributed by atoms with Gasteiger partial charge in [0.15, 0.2) is 0 Å². The molecule has 0 atom stereocenters. The van der Waals surface area contributed by atoms with Gasteiger partial charge in [-0.25, -0.2) is 0 Å². The molecule has 1 aromatic heterocycles. The second-order valence-corrected chi connectivity index (χ2v) is 10.9. The maximum atomic E-state index is 2.45. The Labute approximate surface area is 228 Å². The molecule has 0 spiro atoms. The third kappa shape index (κ3) is 5.22. The summed E-state index contributed by atoms with van der Waals surface area (Å²) in [4.78, 5) is 0. The summed E-state index contributed by atoms with van der Waals surface area (Å²) in [6.07, 6.45) is 4.55. The van der Waals surface area contributed by atoms with Crippen LogP contribution in [0.15, 0.2) is 79.1 Å². The summed E-state index contributed by atoms with van der Waals surface area (Å²) in [5.74, 6) is 2.92. The minimum absolute atomic E-state index is 0. The zero-order valence-corrected chi connectivity index (χ0v) is 24.7. The molecule has 0 amide bonds. The molecule has 0 bridgehead atoms. The van der Waals surface area contributed by atoms with Crippen molar-refractivity contribution in [2.75, 3.05) is 0 Å². The molecule has 0 N–H and O–H groups in total. The number of benzene rings is 3. The van der Waals surface area contributed by atoms with Crippen molar-refractivity contribution in [2.24, 2.45) is 0 Å². The first kappa shape index (κ1) is 27.9. The van der Waals surface area contributed by atoms with Crippen LogP contribution < -0.4 is 21.5 Å². The Bertz CT molecular complexity index is 1160. The molecule has 4 rings (SSSR count). The maximum Gasteiger partial charge on any atom is 0.299 e. The summed E-state index contributed by atoms with van der Waals surface area (Å²) in [7, 11) is 0. The van der Waals surface area contributed by atoms with Crippen LogP contribution in [0.3, 0.4) is 0 Å². The third-order valence-electron chi connectivity index (χ3n) is 7.02. The molecule has 0 saturated carbocycles. The average molecular weight is 546 g/mol. The maximum absolute atomic E-state index is 2.45. The van der Waals surface area contributed by atoms with Crippen LogP contribution in [-0.2, 0) is 0 Å². The van der Waals surface area contributed by atoms with E-state index in [0.717, 1.165) is 0 Å². The molecule has 2 nitrogen and oxygen atoms in total. The number of halogens is 1. The van der Waals surface area contributed by atoms with Crippen LogP contribution in [0.25, 0.3) is 22.8 Å². The minimum Gasteiger partial charge on any atom is -1.00 e. The van der Waals surface area contributed by atoms with Crippen molar-refractivity contribution in [3.05, 3.63) is 101 Å². The monoisotopic (exact) mass is 544 g/mol. The smallest absolute Gasteiger partial charge is 0.299 e. The van der Waals surface area contributed by atoms with Crippen LogP contribution >= 0.6 is 0 Å². The molecule has 0 unspecified atom stereocenters. The lowest BCUT2D eigenvalue weighted by molar-refractivity contribution is -0.584. The average Bonchev–Trinajstić information content (AvgIpc) is 3.27. The quantitative estimate of drug-likeness (QED) is 0.255. The van der Waals surface area contributed by atoms with Crippen molar-refractivity contribution in [3.8, 4) is 22.8 Å². The van der Waals surface area contributed by atoms with E-state index in [2.05, 4.69) is 144 Å². The van der Waals surface area contributed by atoms with Gasteiger partial charge in [0.2, 0.25) is 0 Å². The van der Waals surface area contributed by atoms with E-state index in [0.29, 0.717) is 23.7 Å². The van der Waals surface area contributed by atoms with Gasteiger partial charge in [-0.15, -0.1) is 0 Å². The highest BCUT2D eigenvalue weighted by Crippen LogP contribution is 2.35. The minimum atomic E-state index is 0. The van der Waals surface area contributed by atoms with Gasteiger partial charge in [-0.05, 0) is 35.8 Å². The number of hydrogen-bond donors (Lipinski definition) is 0. The van der Waals surface area contributed by atoms with Gasteiger partial charge in [0.1, 0.15) is 23.8 Å². The number of nitrogens with zero attached hydrogens (tertiary/aromatic N) is 2. The number of para-hydroxylation sites is 2. The van der Waals surface area contributed by atoms with Crippen molar-refractivity contribution in [3.63, 3.8) is 0 Å². The SMILES string of the molecule is CC(C)c1cccc(C(C)C)c1-n1cc[n+](-c2c(C(C)C)cccc2C(C)C)c1-c1ccccc1.[Br-]. The molecule has 1 heterocycles. The second kappa shape index (κ2) is 11.6. The molecule has 0 fully saturated rings. The predicted octanol–water partition coefficient (Wildman–Crippen LogP) is 5.92. The van der Waals surface area contributed by atoms with Crippen LogP contribution in [0, 0.1) is 0 Å². The number of rotatable bonds is 7. The standard InChI is InChI=1S/C33H41N2.BrH/c1-22(2)27-16-12-17-28(23(3)4)31(27)34-20-21-35(33(34)26-14-10-9-11-15-26)32-29(24(5)6)18-13-19-30(32)25(7)8;/h9-25H,1-8H3;1H/q+1;/p-1. The Balaban J connectivity index is 0.00000361. The number of aromatic nitrogens is 2. The number of imidazole rings is 1.